The van der Waals surface area contributed by atoms with Crippen molar-refractivity contribution in [1.29, 1.82) is 0 Å². The summed E-state index contributed by atoms with van der Waals surface area (Å²) in [6.07, 6.45) is 1.23. The van der Waals surface area contributed by atoms with Gasteiger partial charge in [0.25, 0.3) is 0 Å². The Labute approximate surface area is 141 Å². The van der Waals surface area contributed by atoms with Gasteiger partial charge in [-0.25, -0.2) is 4.39 Å². The highest BCUT2D eigenvalue weighted by atomic mass is 19.1. The normalized spacial score (nSPS) is 30.2. The van der Waals surface area contributed by atoms with E-state index in [1.165, 1.54) is 17.7 Å². The van der Waals surface area contributed by atoms with Crippen LogP contribution < -0.4 is 0 Å². The van der Waals surface area contributed by atoms with Crippen molar-refractivity contribution in [1.82, 2.24) is 4.90 Å². The first-order valence-electron chi connectivity index (χ1n) is 8.50. The van der Waals surface area contributed by atoms with Crippen LogP contribution in [0.25, 0.3) is 0 Å². The minimum atomic E-state index is -0.903. The molecule has 0 amide bonds. The molecule has 2 bridgehead atoms. The lowest BCUT2D eigenvalue weighted by Crippen LogP contribution is -2.60. The van der Waals surface area contributed by atoms with E-state index in [1.807, 2.05) is 6.07 Å². The van der Waals surface area contributed by atoms with Crippen LogP contribution in [-0.2, 0) is 16.9 Å². The molecule has 3 nitrogen and oxygen atoms in total. The van der Waals surface area contributed by atoms with Gasteiger partial charge in [0, 0.05) is 18.6 Å². The predicted molar refractivity (Wildman–Crippen MR) is 89.9 cm³/mol. The van der Waals surface area contributed by atoms with Gasteiger partial charge in [-0.1, -0.05) is 42.5 Å². The predicted octanol–water partition coefficient (Wildman–Crippen LogP) is 3.08. The van der Waals surface area contributed by atoms with Crippen LogP contribution in [-0.4, -0.2) is 35.3 Å². The molecule has 0 aliphatic carbocycles. The quantitative estimate of drug-likeness (QED) is 0.940. The number of hydrogen-bond donors (Lipinski definition) is 1. The number of halogens is 1. The van der Waals surface area contributed by atoms with E-state index in [0.717, 1.165) is 12.1 Å². The molecular weight excluding hydrogens is 305 g/mol. The molecule has 0 spiro atoms. The molecule has 2 atom stereocenters. The highest BCUT2D eigenvalue weighted by Gasteiger charge is 2.46. The fraction of sp³-hybridized carbons (Fsp3) is 0.400. The van der Waals surface area contributed by atoms with Gasteiger partial charge in [0.15, 0.2) is 0 Å². The summed E-state index contributed by atoms with van der Waals surface area (Å²) in [5, 5.41) is 11.2. The molecule has 2 fully saturated rings. The zero-order chi connectivity index (χ0) is 16.6. The Morgan fingerprint density at radius 3 is 2.25 bits per heavy atom. The topological polar surface area (TPSA) is 32.7 Å². The summed E-state index contributed by atoms with van der Waals surface area (Å²) < 4.78 is 18.9. The highest BCUT2D eigenvalue weighted by molar-refractivity contribution is 5.25. The number of nitrogens with zero attached hydrogens (tertiary/aromatic N) is 1. The summed E-state index contributed by atoms with van der Waals surface area (Å²) in [4.78, 5) is 2.46. The van der Waals surface area contributed by atoms with Gasteiger partial charge >= 0.3 is 0 Å². The maximum absolute atomic E-state index is 13.2. The molecule has 2 aliphatic rings. The van der Waals surface area contributed by atoms with E-state index in [0.29, 0.717) is 26.1 Å². The van der Waals surface area contributed by atoms with Crippen LogP contribution in [0.4, 0.5) is 4.39 Å². The molecule has 4 rings (SSSR count). The summed E-state index contributed by atoms with van der Waals surface area (Å²) >= 11 is 0. The zero-order valence-corrected chi connectivity index (χ0v) is 13.6. The maximum atomic E-state index is 13.2. The van der Waals surface area contributed by atoms with Gasteiger partial charge in [-0.2, -0.15) is 0 Å². The fourth-order valence-corrected chi connectivity index (χ4v) is 4.09. The minimum Gasteiger partial charge on any atom is -0.385 e. The monoisotopic (exact) mass is 327 g/mol. The first-order valence-corrected chi connectivity index (χ1v) is 8.50. The molecule has 0 radical (unpaired) electrons. The Kier molecular flexibility index (Phi) is 4.12. The number of rotatable bonds is 3. The number of aliphatic hydroxyl groups is 1. The van der Waals surface area contributed by atoms with Crippen molar-refractivity contribution in [3.8, 4) is 0 Å². The first-order chi connectivity index (χ1) is 11.6. The third-order valence-electron chi connectivity index (χ3n) is 5.29. The molecule has 126 valence electrons. The molecule has 2 aromatic rings. The van der Waals surface area contributed by atoms with Crippen LogP contribution in [0.15, 0.2) is 54.6 Å². The minimum absolute atomic E-state index is 0.174. The maximum Gasteiger partial charge on any atom is 0.123 e. The molecule has 4 heteroatoms. The van der Waals surface area contributed by atoms with E-state index >= 15 is 0 Å². The van der Waals surface area contributed by atoms with Crippen LogP contribution in [0.5, 0.6) is 0 Å². The smallest absolute Gasteiger partial charge is 0.123 e. The van der Waals surface area contributed by atoms with E-state index in [2.05, 4.69) is 29.2 Å². The first kappa shape index (κ1) is 15.8. The lowest BCUT2D eigenvalue weighted by molar-refractivity contribution is -0.149. The average Bonchev–Trinajstić information content (AvgIpc) is 2.57. The van der Waals surface area contributed by atoms with Crippen molar-refractivity contribution < 1.29 is 14.2 Å². The zero-order valence-electron chi connectivity index (χ0n) is 13.6. The van der Waals surface area contributed by atoms with E-state index < -0.39 is 5.60 Å². The van der Waals surface area contributed by atoms with Crippen molar-refractivity contribution >= 4 is 0 Å². The molecule has 2 unspecified atom stereocenters. The number of hydrogen-bond acceptors (Lipinski definition) is 3. The van der Waals surface area contributed by atoms with Gasteiger partial charge in [0.1, 0.15) is 5.82 Å². The second-order valence-corrected chi connectivity index (χ2v) is 6.95. The Bertz CT molecular complexity index is 675. The number of morpholine rings is 1. The lowest BCUT2D eigenvalue weighted by Gasteiger charge is -2.52. The van der Waals surface area contributed by atoms with Crippen LogP contribution in [0, 0.1) is 5.82 Å². The van der Waals surface area contributed by atoms with Crippen molar-refractivity contribution in [2.45, 2.75) is 37.1 Å². The van der Waals surface area contributed by atoms with Gasteiger partial charge < -0.3 is 9.84 Å². The van der Waals surface area contributed by atoms with Gasteiger partial charge in [0.2, 0.25) is 0 Å². The van der Waals surface area contributed by atoms with E-state index in [1.54, 1.807) is 12.1 Å². The van der Waals surface area contributed by atoms with Crippen molar-refractivity contribution in [2.24, 2.45) is 0 Å². The number of ether oxygens (including phenoxy) is 1. The standard InChI is InChI=1S/C20H22FNO2/c21-17-8-6-16(7-9-17)20(23)10-18-13-24-14-19(11-20)22(18)12-15-4-2-1-3-5-15/h1-9,18-19,23H,10-14H2. The summed E-state index contributed by atoms with van der Waals surface area (Å²) in [7, 11) is 0. The molecule has 2 saturated heterocycles. The molecule has 2 heterocycles. The SMILES string of the molecule is OC1(c2ccc(F)cc2)CC2COCC(C1)N2Cc1ccccc1. The average molecular weight is 327 g/mol. The molecule has 2 aliphatic heterocycles. The summed E-state index contributed by atoms with van der Waals surface area (Å²) in [6.45, 7) is 2.14. The molecule has 2 aromatic carbocycles. The molecule has 1 N–H and O–H groups in total. The lowest BCUT2D eigenvalue weighted by atomic mass is 9.76. The van der Waals surface area contributed by atoms with Crippen LogP contribution >= 0.6 is 0 Å². The van der Waals surface area contributed by atoms with Crippen LogP contribution in [0.1, 0.15) is 24.0 Å². The Hall–Kier alpha value is -1.75. The van der Waals surface area contributed by atoms with Crippen LogP contribution in [0.2, 0.25) is 0 Å². The molecule has 0 saturated carbocycles. The summed E-state index contributed by atoms with van der Waals surface area (Å²) in [5.41, 5.74) is 1.18. The second-order valence-electron chi connectivity index (χ2n) is 6.95. The van der Waals surface area contributed by atoms with Gasteiger partial charge in [0.05, 0.1) is 18.8 Å². The second kappa shape index (κ2) is 6.28. The highest BCUT2D eigenvalue weighted by Crippen LogP contribution is 2.41. The number of fused-ring (bicyclic) bond motifs is 2. The molecule has 0 aromatic heterocycles. The van der Waals surface area contributed by atoms with Gasteiger partial charge in [-0.05, 0) is 36.1 Å². The largest absolute Gasteiger partial charge is 0.385 e. The Morgan fingerprint density at radius 1 is 1.00 bits per heavy atom. The van der Waals surface area contributed by atoms with E-state index in [4.69, 9.17) is 4.74 Å². The van der Waals surface area contributed by atoms with Crippen molar-refractivity contribution in [2.75, 3.05) is 13.2 Å². The van der Waals surface area contributed by atoms with Crippen molar-refractivity contribution in [3.05, 3.63) is 71.5 Å². The van der Waals surface area contributed by atoms with E-state index in [-0.39, 0.29) is 17.9 Å². The summed E-state index contributed by atoms with van der Waals surface area (Å²) in [6, 6.07) is 17.0. The van der Waals surface area contributed by atoms with E-state index in [9.17, 15) is 9.50 Å². The molecular formula is C20H22FNO2. The number of benzene rings is 2. The number of piperidine rings is 1. The third kappa shape index (κ3) is 2.97. The molecule has 24 heavy (non-hydrogen) atoms. The Balaban J connectivity index is 1.57. The summed E-state index contributed by atoms with van der Waals surface area (Å²) in [5.74, 6) is -0.271. The Morgan fingerprint density at radius 2 is 1.62 bits per heavy atom. The van der Waals surface area contributed by atoms with Crippen molar-refractivity contribution in [3.63, 3.8) is 0 Å². The third-order valence-corrected chi connectivity index (χ3v) is 5.29. The van der Waals surface area contributed by atoms with Gasteiger partial charge in [-0.3, -0.25) is 4.90 Å². The van der Waals surface area contributed by atoms with Gasteiger partial charge in [-0.15, -0.1) is 0 Å². The van der Waals surface area contributed by atoms with Crippen LogP contribution in [0.3, 0.4) is 0 Å². The fourth-order valence-electron chi connectivity index (χ4n) is 4.09.